The Morgan fingerprint density at radius 2 is 0.772 bits per heavy atom. The van der Waals surface area contributed by atoms with Crippen molar-refractivity contribution in [3.63, 3.8) is 0 Å². The van der Waals surface area contributed by atoms with Crippen LogP contribution in [0.3, 0.4) is 0 Å². The van der Waals surface area contributed by atoms with Crippen LogP contribution >= 0.6 is 0 Å². The fourth-order valence-electron chi connectivity index (χ4n) is 8.41. The number of rotatable bonds is 8. The highest BCUT2D eigenvalue weighted by atomic mass is 15.2. The number of aryl methyl sites for hydroxylation is 1. The van der Waals surface area contributed by atoms with Crippen LogP contribution in [-0.2, 0) is 0 Å². The van der Waals surface area contributed by atoms with Crippen LogP contribution in [0.4, 0.5) is 39.8 Å². The maximum atomic E-state index is 7.65. The predicted octanol–water partition coefficient (Wildman–Crippen LogP) is 15.7. The van der Waals surface area contributed by atoms with Crippen molar-refractivity contribution in [3.05, 3.63) is 223 Å². The summed E-state index contributed by atoms with van der Waals surface area (Å²) in [6, 6.07) is 73.6. The molecule has 268 valence electrons. The minimum absolute atomic E-state index is 0.616. The molecule has 0 fully saturated rings. The second-order valence-corrected chi connectivity index (χ2v) is 14.5. The molecule has 0 saturated heterocycles. The van der Waals surface area contributed by atoms with E-state index in [1.807, 2.05) is 12.1 Å². The molecule has 57 heavy (non-hydrogen) atoms. The van der Waals surface area contributed by atoms with E-state index < -0.39 is 0 Å². The SMILES string of the molecule is [C-]#[N+]c1ccc(N(c2ccccc2-c2ccccc2)c2ccc3ccc4c(N(c5ccc(C)cc5)c5ccccc5-c5ccccc5)ccc5ccc2c3c54)cc1. The van der Waals surface area contributed by atoms with Crippen LogP contribution in [0.5, 0.6) is 0 Å². The van der Waals surface area contributed by atoms with Gasteiger partial charge in [0, 0.05) is 33.3 Å². The van der Waals surface area contributed by atoms with Crippen molar-refractivity contribution in [3.8, 4) is 22.3 Å². The zero-order chi connectivity index (χ0) is 38.3. The summed E-state index contributed by atoms with van der Waals surface area (Å²) < 4.78 is 0. The van der Waals surface area contributed by atoms with Crippen molar-refractivity contribution in [2.24, 2.45) is 0 Å². The number of anilines is 6. The summed E-state index contributed by atoms with van der Waals surface area (Å²) in [7, 11) is 0. The minimum atomic E-state index is 0.616. The van der Waals surface area contributed by atoms with Gasteiger partial charge in [0.15, 0.2) is 5.69 Å². The van der Waals surface area contributed by atoms with Gasteiger partial charge in [-0.3, -0.25) is 0 Å². The highest BCUT2D eigenvalue weighted by molar-refractivity contribution is 6.28. The molecule has 10 aromatic rings. The Labute approximate surface area is 333 Å². The lowest BCUT2D eigenvalue weighted by molar-refractivity contribution is 1.29. The molecule has 0 saturated carbocycles. The molecular weight excluding hydrogens is 691 g/mol. The zero-order valence-corrected chi connectivity index (χ0v) is 31.5. The highest BCUT2D eigenvalue weighted by Gasteiger charge is 2.24. The van der Waals surface area contributed by atoms with Crippen molar-refractivity contribution >= 4 is 72.1 Å². The second-order valence-electron chi connectivity index (χ2n) is 14.5. The summed E-state index contributed by atoms with van der Waals surface area (Å²) in [4.78, 5) is 8.49. The van der Waals surface area contributed by atoms with Gasteiger partial charge >= 0.3 is 0 Å². The molecule has 0 aliphatic heterocycles. The fraction of sp³-hybridized carbons (Fsp3) is 0.0185. The van der Waals surface area contributed by atoms with Crippen molar-refractivity contribution in [2.75, 3.05) is 9.80 Å². The molecule has 0 N–H and O–H groups in total. The lowest BCUT2D eigenvalue weighted by atomic mass is 9.91. The molecule has 0 heterocycles. The molecule has 0 unspecified atom stereocenters. The molecule has 3 heteroatoms. The summed E-state index contributed by atoms with van der Waals surface area (Å²) in [5.74, 6) is 0. The predicted molar refractivity (Wildman–Crippen MR) is 241 cm³/mol. The van der Waals surface area contributed by atoms with Gasteiger partial charge in [0.1, 0.15) is 0 Å². The first-order valence-corrected chi connectivity index (χ1v) is 19.3. The smallest absolute Gasteiger partial charge is 0.187 e. The lowest BCUT2D eigenvalue weighted by Crippen LogP contribution is -2.12. The second kappa shape index (κ2) is 14.2. The Morgan fingerprint density at radius 1 is 0.368 bits per heavy atom. The number of hydrogen-bond donors (Lipinski definition) is 0. The highest BCUT2D eigenvalue weighted by Crippen LogP contribution is 2.50. The molecule has 3 nitrogen and oxygen atoms in total. The van der Waals surface area contributed by atoms with Crippen molar-refractivity contribution in [2.45, 2.75) is 6.92 Å². The van der Waals surface area contributed by atoms with Gasteiger partial charge in [0.05, 0.1) is 29.3 Å². The largest absolute Gasteiger partial charge is 0.309 e. The molecule has 0 aliphatic carbocycles. The number of benzene rings is 10. The van der Waals surface area contributed by atoms with Crippen molar-refractivity contribution in [1.82, 2.24) is 0 Å². The van der Waals surface area contributed by atoms with Crippen LogP contribution in [0.15, 0.2) is 206 Å². The van der Waals surface area contributed by atoms with Gasteiger partial charge in [-0.15, -0.1) is 0 Å². The van der Waals surface area contributed by atoms with E-state index in [0.29, 0.717) is 5.69 Å². The van der Waals surface area contributed by atoms with Gasteiger partial charge in [-0.2, -0.15) is 0 Å². The number of para-hydroxylation sites is 2. The van der Waals surface area contributed by atoms with Gasteiger partial charge in [0.2, 0.25) is 0 Å². The average Bonchev–Trinajstić information content (AvgIpc) is 3.28. The Morgan fingerprint density at radius 3 is 1.23 bits per heavy atom. The van der Waals surface area contributed by atoms with Crippen LogP contribution in [0, 0.1) is 13.5 Å². The molecule has 0 bridgehead atoms. The van der Waals surface area contributed by atoms with Crippen molar-refractivity contribution < 1.29 is 0 Å². The molecule has 0 radical (unpaired) electrons. The monoisotopic (exact) mass is 727 g/mol. The minimum Gasteiger partial charge on any atom is -0.309 e. The normalized spacial score (nSPS) is 11.2. The van der Waals surface area contributed by atoms with Crippen LogP contribution in [-0.4, -0.2) is 0 Å². The Bertz CT molecular complexity index is 3070. The summed E-state index contributed by atoms with van der Waals surface area (Å²) in [5.41, 5.74) is 12.9. The first-order chi connectivity index (χ1) is 28.2. The van der Waals surface area contributed by atoms with E-state index >= 15 is 0 Å². The van der Waals surface area contributed by atoms with E-state index in [4.69, 9.17) is 6.57 Å². The van der Waals surface area contributed by atoms with E-state index in [-0.39, 0.29) is 0 Å². The van der Waals surface area contributed by atoms with Gasteiger partial charge in [-0.1, -0.05) is 163 Å². The van der Waals surface area contributed by atoms with Crippen molar-refractivity contribution in [1.29, 1.82) is 0 Å². The molecular formula is C54H37N3. The molecule has 0 spiro atoms. The number of nitrogens with zero attached hydrogens (tertiary/aromatic N) is 3. The van der Waals surface area contributed by atoms with Crippen LogP contribution in [0.25, 0.3) is 59.4 Å². The Hall–Kier alpha value is -7.67. The molecule has 0 atom stereocenters. The molecule has 0 aliphatic rings. The van der Waals surface area contributed by atoms with E-state index in [2.05, 4.69) is 216 Å². The van der Waals surface area contributed by atoms with Crippen LogP contribution in [0.1, 0.15) is 5.56 Å². The Kier molecular flexibility index (Phi) is 8.43. The quantitative estimate of drug-likeness (QED) is 0.114. The van der Waals surface area contributed by atoms with E-state index in [9.17, 15) is 0 Å². The van der Waals surface area contributed by atoms with E-state index in [1.165, 1.54) is 43.6 Å². The van der Waals surface area contributed by atoms with E-state index in [1.54, 1.807) is 0 Å². The summed E-state index contributed by atoms with van der Waals surface area (Å²) >= 11 is 0. The zero-order valence-electron chi connectivity index (χ0n) is 31.5. The molecule has 0 aromatic heterocycles. The van der Waals surface area contributed by atoms with Crippen LogP contribution < -0.4 is 9.80 Å². The summed E-state index contributed by atoms with van der Waals surface area (Å²) in [5, 5.41) is 7.19. The third kappa shape index (κ3) is 5.92. The van der Waals surface area contributed by atoms with Gasteiger partial charge in [-0.05, 0) is 88.1 Å². The van der Waals surface area contributed by atoms with Gasteiger partial charge in [0.25, 0.3) is 0 Å². The first-order valence-electron chi connectivity index (χ1n) is 19.3. The average molecular weight is 728 g/mol. The van der Waals surface area contributed by atoms with Crippen LogP contribution in [0.2, 0.25) is 0 Å². The third-order valence-corrected chi connectivity index (χ3v) is 11.1. The van der Waals surface area contributed by atoms with E-state index in [0.717, 1.165) is 50.6 Å². The molecule has 0 amide bonds. The lowest BCUT2D eigenvalue weighted by Gasteiger charge is -2.31. The van der Waals surface area contributed by atoms with Gasteiger partial charge in [-0.25, -0.2) is 4.85 Å². The molecule has 10 rings (SSSR count). The Balaban J connectivity index is 1.24. The number of hydrogen-bond acceptors (Lipinski definition) is 2. The maximum absolute atomic E-state index is 7.65. The van der Waals surface area contributed by atoms with Gasteiger partial charge < -0.3 is 9.80 Å². The maximum Gasteiger partial charge on any atom is 0.187 e. The summed E-state index contributed by atoms with van der Waals surface area (Å²) in [6.45, 7) is 9.79. The topological polar surface area (TPSA) is 10.8 Å². The molecule has 10 aromatic carbocycles. The summed E-state index contributed by atoms with van der Waals surface area (Å²) in [6.07, 6.45) is 0. The fourth-order valence-corrected chi connectivity index (χ4v) is 8.41. The standard InChI is InChI=1S/C54H37N3/c1-37-21-29-43(30-22-37)56(49-19-11-9-17-45(49)38-13-5-3-6-14-38)51-35-25-40-24-34-48-52(36-26-41-23-33-47(51)53(40)54(41)48)57(44-31-27-42(55-2)28-32-44)50-20-12-10-18-46(50)39-15-7-4-8-16-39/h3-36H,1H3. The first kappa shape index (κ1) is 33.9. The third-order valence-electron chi connectivity index (χ3n) is 11.1.